The topological polar surface area (TPSA) is 88.3 Å². The minimum Gasteiger partial charge on any atom is -0.481 e. The van der Waals surface area contributed by atoms with E-state index in [1.807, 2.05) is 92.7 Å². The van der Waals surface area contributed by atoms with E-state index in [1.165, 1.54) is 0 Å². The Morgan fingerprint density at radius 2 is 1.73 bits per heavy atom. The summed E-state index contributed by atoms with van der Waals surface area (Å²) in [7, 11) is 0. The number of esters is 1. The number of rotatable bonds is 13. The van der Waals surface area contributed by atoms with E-state index >= 15 is 0 Å². The molecule has 0 spiro atoms. The van der Waals surface area contributed by atoms with Crippen molar-refractivity contribution < 1.29 is 19.4 Å². The van der Waals surface area contributed by atoms with Gasteiger partial charge in [0.2, 0.25) is 0 Å². The Morgan fingerprint density at radius 1 is 1.07 bits per heavy atom. The van der Waals surface area contributed by atoms with Crippen molar-refractivity contribution in [3.05, 3.63) is 59.0 Å². The lowest BCUT2D eigenvalue weighted by atomic mass is 9.89. The van der Waals surface area contributed by atoms with E-state index < -0.39 is 11.6 Å². The van der Waals surface area contributed by atoms with Gasteiger partial charge in [0.25, 0.3) is 0 Å². The van der Waals surface area contributed by atoms with Gasteiger partial charge in [-0.1, -0.05) is 83.9 Å². The van der Waals surface area contributed by atoms with Gasteiger partial charge in [0, 0.05) is 23.4 Å². The third kappa shape index (κ3) is 18.5. The molecular weight excluding hydrogens is 524 g/mol. The molecule has 226 valence electrons. The molecule has 0 aromatic carbocycles. The molecule has 3 unspecified atom stereocenters. The summed E-state index contributed by atoms with van der Waals surface area (Å²) < 4.78 is 5.59. The molecule has 0 aromatic heterocycles. The average Bonchev–Trinajstić information content (AvgIpc) is 3.13. The highest BCUT2D eigenvalue weighted by atomic mass is 35.5. The third-order valence-electron chi connectivity index (χ3n) is 5.56. The summed E-state index contributed by atoms with van der Waals surface area (Å²) >= 11 is 6.04. The molecule has 0 radical (unpaired) electrons. The zero-order valence-electron chi connectivity index (χ0n) is 26.4. The van der Waals surface area contributed by atoms with Gasteiger partial charge in [-0.25, -0.2) is 0 Å². The van der Waals surface area contributed by atoms with Gasteiger partial charge in [0.1, 0.15) is 5.60 Å². The highest BCUT2D eigenvalue weighted by Crippen LogP contribution is 2.25. The largest absolute Gasteiger partial charge is 0.481 e. The zero-order chi connectivity index (χ0) is 31.1. The average molecular weight is 577 g/mol. The smallest absolute Gasteiger partial charge is 0.309 e. The molecule has 0 amide bonds. The molecule has 0 saturated carbocycles. The maximum Gasteiger partial charge on any atom is 0.309 e. The highest BCUT2D eigenvalue weighted by molar-refractivity contribution is 6.31. The van der Waals surface area contributed by atoms with Crippen LogP contribution in [0.15, 0.2) is 68.9 Å². The number of carbonyl (C=O) groups excluding carboxylic acids is 1. The van der Waals surface area contributed by atoms with Gasteiger partial charge in [-0.05, 0) is 71.1 Å². The molecule has 0 saturated heterocycles. The lowest BCUT2D eigenvalue weighted by Gasteiger charge is -2.25. The van der Waals surface area contributed by atoms with Gasteiger partial charge in [0.05, 0.1) is 23.7 Å². The summed E-state index contributed by atoms with van der Waals surface area (Å²) in [4.78, 5) is 33.0. The van der Waals surface area contributed by atoms with Crippen LogP contribution in [0, 0.1) is 17.8 Å². The predicted molar refractivity (Wildman–Crippen MR) is 172 cm³/mol. The highest BCUT2D eigenvalue weighted by Gasteiger charge is 2.25. The van der Waals surface area contributed by atoms with Crippen LogP contribution in [0.4, 0.5) is 0 Å². The zero-order valence-corrected chi connectivity index (χ0v) is 27.2. The summed E-state index contributed by atoms with van der Waals surface area (Å²) in [5.41, 5.74) is 0.584. The van der Waals surface area contributed by atoms with Crippen molar-refractivity contribution in [2.24, 2.45) is 27.7 Å². The quantitative estimate of drug-likeness (QED) is 0.134. The number of ether oxygens (including phenoxy) is 1. The maximum absolute atomic E-state index is 12.6. The van der Waals surface area contributed by atoms with Crippen molar-refractivity contribution in [1.82, 2.24) is 0 Å². The molecule has 1 aliphatic rings. The first kappa shape index (κ1) is 39.4. The summed E-state index contributed by atoms with van der Waals surface area (Å²) in [5.74, 6) is -1.05. The van der Waals surface area contributed by atoms with Crippen LogP contribution < -0.4 is 0 Å². The van der Waals surface area contributed by atoms with E-state index in [1.54, 1.807) is 24.6 Å². The molecule has 7 heteroatoms. The monoisotopic (exact) mass is 576 g/mol. The van der Waals surface area contributed by atoms with Crippen LogP contribution >= 0.6 is 11.6 Å². The van der Waals surface area contributed by atoms with E-state index in [0.29, 0.717) is 35.7 Å². The van der Waals surface area contributed by atoms with Crippen LogP contribution in [0.25, 0.3) is 0 Å². The van der Waals surface area contributed by atoms with Gasteiger partial charge < -0.3 is 9.84 Å². The van der Waals surface area contributed by atoms with Crippen molar-refractivity contribution >= 4 is 36.0 Å². The molecule has 6 nitrogen and oxygen atoms in total. The second kappa shape index (κ2) is 23.0. The van der Waals surface area contributed by atoms with Crippen molar-refractivity contribution in [2.75, 3.05) is 0 Å². The standard InChI is InChI=1S/C29H41ClN2O4.2C2H6/c1-7-21(19-23(8-2)28(35)36-29(4,5)6)17-18-31-26(15-16-27(33)34)25(9-3)32-20-22-11-10-12-24(30)14-13-22;2*1-2/h9-15,18,20-23H,7-8,16-17,19H2,1-6H3,(H,33,34);2*1-2H3/b25-9+,26-15+,31-18?,32-20?;;. The first-order valence-electron chi connectivity index (χ1n) is 14.6. The van der Waals surface area contributed by atoms with Crippen molar-refractivity contribution in [2.45, 2.75) is 107 Å². The second-order valence-electron chi connectivity index (χ2n) is 9.71. The molecule has 0 fully saturated rings. The fourth-order valence-corrected chi connectivity index (χ4v) is 3.65. The van der Waals surface area contributed by atoms with Crippen LogP contribution in [-0.2, 0) is 14.3 Å². The summed E-state index contributed by atoms with van der Waals surface area (Å²) in [6, 6.07) is 0. The number of allylic oxidation sites excluding steroid dienone is 7. The number of nitrogens with zero attached hydrogens (tertiary/aromatic N) is 2. The minimum atomic E-state index is -0.938. The number of hydrogen-bond donors (Lipinski definition) is 1. The molecule has 0 heterocycles. The van der Waals surface area contributed by atoms with Crippen LogP contribution in [0.5, 0.6) is 0 Å². The Bertz CT molecular complexity index is 950. The number of carboxylic acid groups (broad SMARTS) is 1. The molecule has 40 heavy (non-hydrogen) atoms. The SMILES string of the molecule is C/C=C(N=CC1C=CC=C(Cl)C=C1)\C(=C/CC(=O)O)N=CCC(CC)CC(CC)C(=O)OC(C)(C)C.CC.CC. The fourth-order valence-electron chi connectivity index (χ4n) is 3.51. The van der Waals surface area contributed by atoms with Crippen LogP contribution in [0.2, 0.25) is 0 Å². The molecule has 1 N–H and O–H groups in total. The lowest BCUT2D eigenvalue weighted by molar-refractivity contribution is -0.160. The molecular formula is C33H53ClN2O4. The van der Waals surface area contributed by atoms with Crippen LogP contribution in [0.1, 0.15) is 101 Å². The number of aliphatic imine (C=N–C) groups is 2. The van der Waals surface area contributed by atoms with Crippen LogP contribution in [0.3, 0.4) is 0 Å². The maximum atomic E-state index is 12.6. The number of carboxylic acids is 1. The number of halogens is 1. The predicted octanol–water partition coefficient (Wildman–Crippen LogP) is 9.48. The molecule has 3 atom stereocenters. The van der Waals surface area contributed by atoms with E-state index in [9.17, 15) is 14.7 Å². The Hall–Kier alpha value is -2.73. The second-order valence-corrected chi connectivity index (χ2v) is 10.1. The van der Waals surface area contributed by atoms with Crippen molar-refractivity contribution in [1.29, 1.82) is 0 Å². The first-order valence-corrected chi connectivity index (χ1v) is 15.0. The Balaban J connectivity index is 0. The molecule has 0 aliphatic heterocycles. The van der Waals surface area contributed by atoms with Crippen LogP contribution in [-0.4, -0.2) is 35.1 Å². The van der Waals surface area contributed by atoms with Gasteiger partial charge in [0.15, 0.2) is 0 Å². The van der Waals surface area contributed by atoms with Gasteiger partial charge in [-0.15, -0.1) is 0 Å². The summed E-state index contributed by atoms with van der Waals surface area (Å²) in [6.07, 6.45) is 19.2. The number of carbonyl (C=O) groups is 2. The third-order valence-corrected chi connectivity index (χ3v) is 5.81. The molecule has 0 aromatic rings. The van der Waals surface area contributed by atoms with E-state index in [-0.39, 0.29) is 30.1 Å². The van der Waals surface area contributed by atoms with E-state index in [0.717, 1.165) is 6.42 Å². The Labute approximate surface area is 248 Å². The Morgan fingerprint density at radius 3 is 2.25 bits per heavy atom. The van der Waals surface area contributed by atoms with E-state index in [4.69, 9.17) is 16.3 Å². The minimum absolute atomic E-state index is 0.0412. The number of hydrogen-bond acceptors (Lipinski definition) is 5. The van der Waals surface area contributed by atoms with Crippen molar-refractivity contribution in [3.63, 3.8) is 0 Å². The van der Waals surface area contributed by atoms with E-state index in [2.05, 4.69) is 16.9 Å². The normalized spacial score (nSPS) is 17.3. The molecule has 0 bridgehead atoms. The van der Waals surface area contributed by atoms with Gasteiger partial charge in [-0.3, -0.25) is 19.6 Å². The van der Waals surface area contributed by atoms with Gasteiger partial charge in [-0.2, -0.15) is 0 Å². The first-order chi connectivity index (χ1) is 19.0. The van der Waals surface area contributed by atoms with Crippen molar-refractivity contribution in [3.8, 4) is 0 Å². The Kier molecular flexibility index (Phi) is 22.7. The lowest BCUT2D eigenvalue weighted by Crippen LogP contribution is -2.29. The summed E-state index contributed by atoms with van der Waals surface area (Å²) in [6.45, 7) is 19.6. The molecule has 1 rings (SSSR count). The summed E-state index contributed by atoms with van der Waals surface area (Å²) in [5, 5.41) is 9.82. The molecule has 1 aliphatic carbocycles. The van der Waals surface area contributed by atoms with Gasteiger partial charge >= 0.3 is 11.9 Å². The fraction of sp³-hybridized carbons (Fsp3) is 0.576. The number of aliphatic carboxylic acids is 1.